The number of halogens is 3. The minimum atomic E-state index is -4.43. The number of carbonyl (C=O) groups excluding carboxylic acids is 1. The number of hydrogen-bond acceptors (Lipinski definition) is 4. The van der Waals surface area contributed by atoms with Gasteiger partial charge in [-0.3, -0.25) is 4.79 Å². The Hall–Kier alpha value is -2.77. The molecule has 5 nitrogen and oxygen atoms in total. The third-order valence-corrected chi connectivity index (χ3v) is 3.76. The van der Waals surface area contributed by atoms with E-state index in [1.54, 1.807) is 13.0 Å². The molecule has 3 rings (SSSR count). The van der Waals surface area contributed by atoms with Crippen LogP contribution in [0.15, 0.2) is 45.6 Å². The highest BCUT2D eigenvalue weighted by atomic mass is 19.4. The first-order valence-electron chi connectivity index (χ1n) is 7.47. The van der Waals surface area contributed by atoms with E-state index in [4.69, 9.17) is 9.15 Å². The number of nitrogens with zero attached hydrogens (tertiary/aromatic N) is 1. The van der Waals surface area contributed by atoms with Crippen molar-refractivity contribution >= 4 is 5.91 Å². The van der Waals surface area contributed by atoms with E-state index in [1.807, 2.05) is 0 Å². The van der Waals surface area contributed by atoms with Gasteiger partial charge in [0.25, 0.3) is 5.91 Å². The highest BCUT2D eigenvalue weighted by Crippen LogP contribution is 2.29. The summed E-state index contributed by atoms with van der Waals surface area (Å²) in [6, 6.07) is 6.87. The fourth-order valence-corrected chi connectivity index (χ4v) is 2.50. The van der Waals surface area contributed by atoms with Crippen molar-refractivity contribution in [3.63, 3.8) is 0 Å². The first kappa shape index (κ1) is 17.1. The lowest BCUT2D eigenvalue weighted by molar-refractivity contribution is -0.137. The summed E-state index contributed by atoms with van der Waals surface area (Å²) >= 11 is 0. The average molecular weight is 353 g/mol. The Morgan fingerprint density at radius 2 is 1.84 bits per heavy atom. The molecule has 2 heterocycles. The first-order chi connectivity index (χ1) is 11.7. The fraction of sp³-hybridized carbons (Fsp3) is 0.294. The van der Waals surface area contributed by atoms with Crippen LogP contribution in [0, 0.1) is 6.92 Å². The highest BCUT2D eigenvalue weighted by Gasteiger charge is 2.34. The number of carbonyl (C=O) groups is 1. The Balaban J connectivity index is 1.58. The first-order valence-corrected chi connectivity index (χ1v) is 7.47. The van der Waals surface area contributed by atoms with Crippen LogP contribution in [-0.2, 0) is 6.18 Å². The summed E-state index contributed by atoms with van der Waals surface area (Å²) in [5.41, 5.74) is -1.14. The maximum atomic E-state index is 12.5. The van der Waals surface area contributed by atoms with Gasteiger partial charge in [0.15, 0.2) is 0 Å². The summed E-state index contributed by atoms with van der Waals surface area (Å²) in [5.74, 6) is 0.414. The van der Waals surface area contributed by atoms with Crippen molar-refractivity contribution in [1.29, 1.82) is 0 Å². The van der Waals surface area contributed by atoms with E-state index in [1.165, 1.54) is 11.0 Å². The molecule has 0 atom stereocenters. The summed E-state index contributed by atoms with van der Waals surface area (Å²) in [6.45, 7) is 2.20. The molecule has 132 valence electrons. The van der Waals surface area contributed by atoms with Crippen LogP contribution in [0.4, 0.5) is 13.2 Å². The molecule has 1 aliphatic heterocycles. The molecule has 0 radical (unpaired) electrons. The summed E-state index contributed by atoms with van der Waals surface area (Å²) < 4.78 is 48.0. The van der Waals surface area contributed by atoms with Crippen LogP contribution in [0.5, 0.6) is 5.75 Å². The van der Waals surface area contributed by atoms with Gasteiger partial charge >= 0.3 is 11.8 Å². The number of likely N-dealkylation sites (tertiary alicyclic amines) is 1. The van der Waals surface area contributed by atoms with Gasteiger partial charge in [-0.2, -0.15) is 13.2 Å². The van der Waals surface area contributed by atoms with Crippen molar-refractivity contribution < 1.29 is 27.1 Å². The topological polar surface area (TPSA) is 59.8 Å². The van der Waals surface area contributed by atoms with E-state index in [9.17, 15) is 22.8 Å². The Morgan fingerprint density at radius 1 is 1.20 bits per heavy atom. The molecule has 25 heavy (non-hydrogen) atoms. The van der Waals surface area contributed by atoms with Crippen LogP contribution < -0.4 is 10.4 Å². The smallest absolute Gasteiger partial charge is 0.416 e. The van der Waals surface area contributed by atoms with Gasteiger partial charge in [-0.15, -0.1) is 0 Å². The van der Waals surface area contributed by atoms with E-state index in [2.05, 4.69) is 0 Å². The molecule has 0 saturated carbocycles. The van der Waals surface area contributed by atoms with Gasteiger partial charge in [-0.05, 0) is 31.2 Å². The monoisotopic (exact) mass is 353 g/mol. The number of rotatable bonds is 3. The van der Waals surface area contributed by atoms with Crippen molar-refractivity contribution in [2.45, 2.75) is 19.2 Å². The third-order valence-electron chi connectivity index (χ3n) is 3.76. The van der Waals surface area contributed by atoms with Gasteiger partial charge < -0.3 is 14.1 Å². The number of aryl methyl sites for hydroxylation is 1. The number of amides is 1. The zero-order valence-corrected chi connectivity index (χ0v) is 13.2. The summed E-state index contributed by atoms with van der Waals surface area (Å²) in [4.78, 5) is 24.9. The van der Waals surface area contributed by atoms with Gasteiger partial charge in [-0.25, -0.2) is 4.79 Å². The molecule has 0 unspecified atom stereocenters. The van der Waals surface area contributed by atoms with E-state index in [-0.39, 0.29) is 17.6 Å². The molecule has 1 fully saturated rings. The second-order valence-corrected chi connectivity index (χ2v) is 5.75. The second kappa shape index (κ2) is 6.27. The number of alkyl halides is 3. The molecular weight excluding hydrogens is 339 g/mol. The quantitative estimate of drug-likeness (QED) is 0.851. The molecule has 2 aromatic rings. The fourth-order valence-electron chi connectivity index (χ4n) is 2.50. The molecule has 1 aromatic carbocycles. The maximum Gasteiger partial charge on any atom is 0.416 e. The van der Waals surface area contributed by atoms with Gasteiger partial charge in [0, 0.05) is 11.6 Å². The SMILES string of the molecule is Cc1cc(OC2CN(C(=O)c3ccc(C(F)(F)F)cc3)C2)cc(=O)o1. The molecule has 0 bridgehead atoms. The van der Waals surface area contributed by atoms with Crippen LogP contribution in [0.2, 0.25) is 0 Å². The molecule has 1 amide bonds. The van der Waals surface area contributed by atoms with Crippen LogP contribution in [-0.4, -0.2) is 30.0 Å². The molecule has 0 N–H and O–H groups in total. The van der Waals surface area contributed by atoms with Gasteiger partial charge in [-0.1, -0.05) is 0 Å². The van der Waals surface area contributed by atoms with Crippen LogP contribution in [0.1, 0.15) is 21.7 Å². The third kappa shape index (κ3) is 3.84. The van der Waals surface area contributed by atoms with E-state index < -0.39 is 17.4 Å². The predicted octanol–water partition coefficient (Wildman–Crippen LogP) is 2.87. The molecule has 1 saturated heterocycles. The zero-order valence-electron chi connectivity index (χ0n) is 13.2. The minimum Gasteiger partial charge on any atom is -0.486 e. The summed E-state index contributed by atoms with van der Waals surface area (Å²) in [6.07, 6.45) is -4.71. The minimum absolute atomic E-state index is 0.183. The van der Waals surface area contributed by atoms with Crippen molar-refractivity contribution in [3.8, 4) is 5.75 Å². The Kier molecular flexibility index (Phi) is 4.28. The van der Waals surface area contributed by atoms with Crippen molar-refractivity contribution in [2.24, 2.45) is 0 Å². The van der Waals surface area contributed by atoms with Crippen LogP contribution in [0.3, 0.4) is 0 Å². The lowest BCUT2D eigenvalue weighted by Crippen LogP contribution is -2.56. The van der Waals surface area contributed by atoms with Gasteiger partial charge in [0.2, 0.25) is 0 Å². The average Bonchev–Trinajstić information content (AvgIpc) is 2.48. The zero-order chi connectivity index (χ0) is 18.2. The van der Waals surface area contributed by atoms with E-state index >= 15 is 0 Å². The molecule has 0 aliphatic carbocycles. The van der Waals surface area contributed by atoms with E-state index in [0.717, 1.165) is 24.3 Å². The normalized spacial score (nSPS) is 15.0. The molecule has 8 heteroatoms. The predicted molar refractivity (Wildman–Crippen MR) is 81.5 cm³/mol. The van der Waals surface area contributed by atoms with Crippen molar-refractivity contribution in [3.05, 3.63) is 63.7 Å². The molecule has 1 aliphatic rings. The molecular formula is C17H14F3NO4. The maximum absolute atomic E-state index is 12.5. The Bertz CT molecular complexity index is 836. The lowest BCUT2D eigenvalue weighted by atomic mass is 10.1. The van der Waals surface area contributed by atoms with E-state index in [0.29, 0.717) is 24.6 Å². The van der Waals surface area contributed by atoms with Crippen molar-refractivity contribution in [2.75, 3.05) is 13.1 Å². The Labute approximate surface area is 140 Å². The summed E-state index contributed by atoms with van der Waals surface area (Å²) in [7, 11) is 0. The summed E-state index contributed by atoms with van der Waals surface area (Å²) in [5, 5.41) is 0. The van der Waals surface area contributed by atoms with Gasteiger partial charge in [0.1, 0.15) is 17.6 Å². The van der Waals surface area contributed by atoms with Crippen molar-refractivity contribution in [1.82, 2.24) is 4.90 Å². The largest absolute Gasteiger partial charge is 0.486 e. The van der Waals surface area contributed by atoms with Gasteiger partial charge in [0.05, 0.1) is 24.7 Å². The second-order valence-electron chi connectivity index (χ2n) is 5.75. The molecule has 1 aromatic heterocycles. The molecule has 0 spiro atoms. The van der Waals surface area contributed by atoms with Crippen LogP contribution in [0.25, 0.3) is 0 Å². The van der Waals surface area contributed by atoms with Crippen LogP contribution >= 0.6 is 0 Å². The number of ether oxygens (including phenoxy) is 1. The Morgan fingerprint density at radius 3 is 2.40 bits per heavy atom. The number of hydrogen-bond donors (Lipinski definition) is 0. The highest BCUT2D eigenvalue weighted by molar-refractivity contribution is 5.94. The standard InChI is InChI=1S/C17H14F3NO4/c1-10-6-13(7-15(22)24-10)25-14-8-21(9-14)16(23)11-2-4-12(5-3-11)17(18,19)20/h2-7,14H,8-9H2,1H3. The lowest BCUT2D eigenvalue weighted by Gasteiger charge is -2.39. The number of benzene rings is 1.